The molecule has 2 nitrogen and oxygen atoms in total. The maximum atomic E-state index is 4.44. The second-order valence-electron chi connectivity index (χ2n) is 3.63. The van der Waals surface area contributed by atoms with Gasteiger partial charge in [0.1, 0.15) is 5.01 Å². The Morgan fingerprint density at radius 1 is 1.50 bits per heavy atom. The summed E-state index contributed by atoms with van der Waals surface area (Å²) in [4.78, 5) is 4.44. The molecule has 3 heteroatoms. The number of thiazole rings is 1. The zero-order valence-electron chi connectivity index (χ0n) is 9.34. The van der Waals surface area contributed by atoms with Crippen LogP contribution in [0.3, 0.4) is 0 Å². The molecule has 0 aliphatic rings. The molecule has 0 spiro atoms. The molecule has 0 radical (unpaired) electrons. The molecule has 0 aliphatic carbocycles. The number of rotatable bonds is 6. The molecule has 80 valence electrons. The molecule has 1 heterocycles. The van der Waals surface area contributed by atoms with E-state index < -0.39 is 0 Å². The van der Waals surface area contributed by atoms with E-state index in [-0.39, 0.29) is 5.54 Å². The fraction of sp³-hybridized carbons (Fsp3) is 0.727. The highest BCUT2D eigenvalue weighted by atomic mass is 32.1. The summed E-state index contributed by atoms with van der Waals surface area (Å²) in [6.07, 6.45) is 6.69. The summed E-state index contributed by atoms with van der Waals surface area (Å²) in [7, 11) is 2.04. The van der Waals surface area contributed by atoms with Gasteiger partial charge in [-0.25, -0.2) is 4.98 Å². The maximum Gasteiger partial charge on any atom is 0.113 e. The normalized spacial score (nSPS) is 15.4. The lowest BCUT2D eigenvalue weighted by Gasteiger charge is -2.30. The van der Waals surface area contributed by atoms with E-state index in [4.69, 9.17) is 0 Å². The second-order valence-corrected chi connectivity index (χ2v) is 4.52. The summed E-state index contributed by atoms with van der Waals surface area (Å²) < 4.78 is 0. The zero-order chi connectivity index (χ0) is 10.4. The summed E-state index contributed by atoms with van der Waals surface area (Å²) >= 11 is 1.76. The molecule has 1 N–H and O–H groups in total. The van der Waals surface area contributed by atoms with Crippen molar-refractivity contribution in [1.29, 1.82) is 0 Å². The van der Waals surface area contributed by atoms with Crippen molar-refractivity contribution in [2.45, 2.75) is 45.1 Å². The van der Waals surface area contributed by atoms with Gasteiger partial charge in [0.2, 0.25) is 0 Å². The molecule has 1 aromatic rings. The quantitative estimate of drug-likeness (QED) is 0.783. The van der Waals surface area contributed by atoms with Gasteiger partial charge in [0, 0.05) is 11.6 Å². The third-order valence-electron chi connectivity index (χ3n) is 2.88. The minimum atomic E-state index is 0.115. The summed E-state index contributed by atoms with van der Waals surface area (Å²) in [5.74, 6) is 0. The van der Waals surface area contributed by atoms with Crippen LogP contribution in [0.25, 0.3) is 0 Å². The third-order valence-corrected chi connectivity index (χ3v) is 3.86. The van der Waals surface area contributed by atoms with Crippen LogP contribution >= 0.6 is 11.3 Å². The Hall–Kier alpha value is -0.410. The lowest BCUT2D eigenvalue weighted by Crippen LogP contribution is -2.39. The van der Waals surface area contributed by atoms with E-state index in [0.717, 1.165) is 6.42 Å². The van der Waals surface area contributed by atoms with Gasteiger partial charge < -0.3 is 5.32 Å². The first-order chi connectivity index (χ1) is 6.79. The van der Waals surface area contributed by atoms with Crippen LogP contribution in [0.2, 0.25) is 0 Å². The lowest BCUT2D eigenvalue weighted by atomic mass is 9.90. The first-order valence-electron chi connectivity index (χ1n) is 5.38. The van der Waals surface area contributed by atoms with Gasteiger partial charge in [0.05, 0.1) is 5.54 Å². The smallest absolute Gasteiger partial charge is 0.113 e. The topological polar surface area (TPSA) is 24.9 Å². The van der Waals surface area contributed by atoms with Gasteiger partial charge in [-0.05, 0) is 19.9 Å². The highest BCUT2D eigenvalue weighted by Gasteiger charge is 2.29. The average molecular weight is 212 g/mol. The summed E-state index contributed by atoms with van der Waals surface area (Å²) in [6, 6.07) is 0. The number of hydrogen-bond donors (Lipinski definition) is 1. The summed E-state index contributed by atoms with van der Waals surface area (Å²) in [5, 5.41) is 6.74. The fourth-order valence-electron chi connectivity index (χ4n) is 1.78. The number of aromatic nitrogens is 1. The van der Waals surface area contributed by atoms with Gasteiger partial charge in [-0.2, -0.15) is 0 Å². The van der Waals surface area contributed by atoms with Crippen LogP contribution in [0.4, 0.5) is 0 Å². The van der Waals surface area contributed by atoms with E-state index in [1.807, 2.05) is 13.2 Å². The van der Waals surface area contributed by atoms with Gasteiger partial charge in [-0.1, -0.05) is 26.7 Å². The van der Waals surface area contributed by atoms with Crippen LogP contribution in [0.5, 0.6) is 0 Å². The van der Waals surface area contributed by atoms with Crippen LogP contribution in [0.1, 0.15) is 44.5 Å². The molecule has 0 saturated heterocycles. The summed E-state index contributed by atoms with van der Waals surface area (Å²) in [6.45, 7) is 4.46. The van der Waals surface area contributed by atoms with Crippen molar-refractivity contribution in [3.63, 3.8) is 0 Å². The fourth-order valence-corrected chi connectivity index (χ4v) is 2.73. The van der Waals surface area contributed by atoms with Crippen LogP contribution in [0.15, 0.2) is 11.6 Å². The second kappa shape index (κ2) is 5.47. The highest BCUT2D eigenvalue weighted by molar-refractivity contribution is 7.09. The first-order valence-corrected chi connectivity index (χ1v) is 6.26. The predicted molar refractivity (Wildman–Crippen MR) is 62.7 cm³/mol. The molecule has 0 bridgehead atoms. The maximum absolute atomic E-state index is 4.44. The summed E-state index contributed by atoms with van der Waals surface area (Å²) in [5.41, 5.74) is 0.115. The van der Waals surface area contributed by atoms with Crippen LogP contribution in [-0.2, 0) is 5.54 Å². The van der Waals surface area contributed by atoms with Crippen molar-refractivity contribution in [2.75, 3.05) is 7.05 Å². The molecule has 0 fully saturated rings. The van der Waals surface area contributed by atoms with E-state index in [9.17, 15) is 0 Å². The van der Waals surface area contributed by atoms with Crippen molar-refractivity contribution < 1.29 is 0 Å². The Labute approximate surface area is 90.8 Å². The minimum absolute atomic E-state index is 0.115. The van der Waals surface area contributed by atoms with Crippen molar-refractivity contribution >= 4 is 11.3 Å². The Morgan fingerprint density at radius 2 is 2.29 bits per heavy atom. The Morgan fingerprint density at radius 3 is 2.71 bits per heavy atom. The molecule has 0 aromatic carbocycles. The molecule has 1 atom stereocenters. The van der Waals surface area contributed by atoms with Crippen molar-refractivity contribution in [3.8, 4) is 0 Å². The Bertz CT molecular complexity index is 240. The largest absolute Gasteiger partial charge is 0.308 e. The lowest BCUT2D eigenvalue weighted by molar-refractivity contribution is 0.310. The molecule has 1 unspecified atom stereocenters. The Kier molecular flexibility index (Phi) is 4.55. The van der Waals surface area contributed by atoms with Crippen LogP contribution < -0.4 is 5.32 Å². The molecular formula is C11H20N2S. The predicted octanol–water partition coefficient (Wildman–Crippen LogP) is 3.16. The van der Waals surface area contributed by atoms with Crippen molar-refractivity contribution in [1.82, 2.24) is 10.3 Å². The van der Waals surface area contributed by atoms with E-state index in [0.29, 0.717) is 0 Å². The molecular weight excluding hydrogens is 192 g/mol. The highest BCUT2D eigenvalue weighted by Crippen LogP contribution is 2.31. The van der Waals surface area contributed by atoms with Gasteiger partial charge >= 0.3 is 0 Å². The van der Waals surface area contributed by atoms with E-state index in [2.05, 4.69) is 29.5 Å². The number of nitrogens with zero attached hydrogens (tertiary/aromatic N) is 1. The van der Waals surface area contributed by atoms with Gasteiger partial charge in [-0.15, -0.1) is 11.3 Å². The monoisotopic (exact) mass is 212 g/mol. The van der Waals surface area contributed by atoms with Crippen LogP contribution in [0, 0.1) is 0 Å². The zero-order valence-corrected chi connectivity index (χ0v) is 10.2. The number of hydrogen-bond acceptors (Lipinski definition) is 3. The third kappa shape index (κ3) is 2.34. The van der Waals surface area contributed by atoms with E-state index in [1.165, 1.54) is 24.3 Å². The minimum Gasteiger partial charge on any atom is -0.308 e. The SMILES string of the molecule is CCCCC(CC)(NC)c1nccs1. The van der Waals surface area contributed by atoms with E-state index in [1.54, 1.807) is 11.3 Å². The molecule has 0 saturated carbocycles. The first kappa shape index (κ1) is 11.7. The van der Waals surface area contributed by atoms with Gasteiger partial charge in [-0.3, -0.25) is 0 Å². The number of unbranched alkanes of at least 4 members (excludes halogenated alkanes) is 1. The molecule has 0 amide bonds. The number of nitrogens with one attached hydrogen (secondary N) is 1. The molecule has 0 aliphatic heterocycles. The van der Waals surface area contributed by atoms with Crippen molar-refractivity contribution in [2.24, 2.45) is 0 Å². The van der Waals surface area contributed by atoms with Gasteiger partial charge in [0.25, 0.3) is 0 Å². The van der Waals surface area contributed by atoms with Gasteiger partial charge in [0.15, 0.2) is 0 Å². The Balaban J connectivity index is 2.80. The van der Waals surface area contributed by atoms with Crippen LogP contribution in [-0.4, -0.2) is 12.0 Å². The molecule has 1 aromatic heterocycles. The molecule has 14 heavy (non-hydrogen) atoms. The molecule has 1 rings (SSSR count). The standard InChI is InChI=1S/C11H20N2S/c1-4-6-7-11(5-2,12-3)10-13-8-9-14-10/h8-9,12H,4-7H2,1-3H3. The van der Waals surface area contributed by atoms with E-state index >= 15 is 0 Å². The average Bonchev–Trinajstić information content (AvgIpc) is 2.74. The van der Waals surface area contributed by atoms with Crippen molar-refractivity contribution in [3.05, 3.63) is 16.6 Å².